The summed E-state index contributed by atoms with van der Waals surface area (Å²) in [6.45, 7) is 5.53. The molecule has 0 heterocycles. The van der Waals surface area contributed by atoms with E-state index < -0.39 is 0 Å². The molecule has 0 fully saturated rings. The van der Waals surface area contributed by atoms with E-state index in [9.17, 15) is 9.59 Å². The first-order chi connectivity index (χ1) is 10.7. The highest BCUT2D eigenvalue weighted by Crippen LogP contribution is 2.13. The molecule has 0 rings (SSSR count). The molecular formula is C18H32N2O2. The highest BCUT2D eigenvalue weighted by atomic mass is 16.1. The Hall–Kier alpha value is -1.50. The van der Waals surface area contributed by atoms with Gasteiger partial charge in [-0.2, -0.15) is 0 Å². The summed E-state index contributed by atoms with van der Waals surface area (Å²) in [5.41, 5.74) is 0. The molecule has 0 aliphatic carbocycles. The largest absolute Gasteiger partial charge is 0.359 e. The predicted molar refractivity (Wildman–Crippen MR) is 91.2 cm³/mol. The van der Waals surface area contributed by atoms with E-state index in [0.29, 0.717) is 31.8 Å². The molecule has 0 saturated carbocycles. The van der Waals surface area contributed by atoms with Crippen molar-refractivity contribution < 1.29 is 9.59 Å². The number of nitrogens with one attached hydrogen (secondary N) is 2. The maximum atomic E-state index is 11.6. The van der Waals surface area contributed by atoms with Gasteiger partial charge < -0.3 is 10.6 Å². The molecule has 4 heteroatoms. The highest BCUT2D eigenvalue weighted by molar-refractivity contribution is 5.76. The van der Waals surface area contributed by atoms with Crippen LogP contribution < -0.4 is 10.6 Å². The van der Waals surface area contributed by atoms with Crippen LogP contribution in [0.4, 0.5) is 0 Å². The molecular weight excluding hydrogens is 276 g/mol. The predicted octanol–water partition coefficient (Wildman–Crippen LogP) is 3.02. The molecule has 2 N–H and O–H groups in total. The summed E-state index contributed by atoms with van der Waals surface area (Å²) in [6.07, 6.45) is 9.89. The molecule has 4 nitrogen and oxygen atoms in total. The first kappa shape index (κ1) is 20.5. The highest BCUT2D eigenvalue weighted by Gasteiger charge is 2.03. The van der Waals surface area contributed by atoms with Crippen LogP contribution in [0.1, 0.15) is 71.6 Å². The molecule has 1 unspecified atom stereocenters. The number of hydrogen-bond acceptors (Lipinski definition) is 2. The number of hydrogen-bond donors (Lipinski definition) is 2. The smallest absolute Gasteiger partial charge is 0.220 e. The van der Waals surface area contributed by atoms with Crippen molar-refractivity contribution in [2.24, 2.45) is 5.92 Å². The van der Waals surface area contributed by atoms with Crippen LogP contribution in [0.2, 0.25) is 0 Å². The summed E-state index contributed by atoms with van der Waals surface area (Å²) in [7, 11) is 0. The lowest BCUT2D eigenvalue weighted by Crippen LogP contribution is -2.23. The van der Waals surface area contributed by atoms with E-state index in [1.54, 1.807) is 0 Å². The van der Waals surface area contributed by atoms with Crippen molar-refractivity contribution in [1.29, 1.82) is 0 Å². The lowest BCUT2D eigenvalue weighted by molar-refractivity contribution is -0.121. The second-order valence-corrected chi connectivity index (χ2v) is 5.61. The Morgan fingerprint density at radius 2 is 1.91 bits per heavy atom. The number of carbonyl (C=O) groups is 2. The molecule has 1 atom stereocenters. The van der Waals surface area contributed by atoms with Gasteiger partial charge >= 0.3 is 0 Å². The molecule has 0 aliphatic rings. The fraction of sp³-hybridized carbons (Fsp3) is 0.778. The van der Waals surface area contributed by atoms with Crippen molar-refractivity contribution in [1.82, 2.24) is 10.6 Å². The average Bonchev–Trinajstić information content (AvgIpc) is 2.52. The third-order valence-corrected chi connectivity index (χ3v) is 3.53. The lowest BCUT2D eigenvalue weighted by Gasteiger charge is -2.07. The molecule has 0 aliphatic heterocycles. The van der Waals surface area contributed by atoms with Gasteiger partial charge in [0.05, 0.1) is 6.54 Å². The SMILES string of the molecule is CCCCC(C#CCNC(=O)CCCCCNC=O)CCC. The third-order valence-electron chi connectivity index (χ3n) is 3.53. The zero-order chi connectivity index (χ0) is 16.5. The number of carbonyl (C=O) groups excluding carboxylic acids is 2. The number of unbranched alkanes of at least 4 members (excludes halogenated alkanes) is 3. The Morgan fingerprint density at radius 3 is 2.59 bits per heavy atom. The molecule has 2 amide bonds. The van der Waals surface area contributed by atoms with Crippen molar-refractivity contribution in [2.75, 3.05) is 13.1 Å². The van der Waals surface area contributed by atoms with Crippen molar-refractivity contribution >= 4 is 12.3 Å². The zero-order valence-corrected chi connectivity index (χ0v) is 14.2. The fourth-order valence-electron chi connectivity index (χ4n) is 2.26. The van der Waals surface area contributed by atoms with Gasteiger partial charge in [0.1, 0.15) is 0 Å². The first-order valence-corrected chi connectivity index (χ1v) is 8.66. The molecule has 0 aromatic rings. The summed E-state index contributed by atoms with van der Waals surface area (Å²) in [4.78, 5) is 21.7. The summed E-state index contributed by atoms with van der Waals surface area (Å²) < 4.78 is 0. The summed E-state index contributed by atoms with van der Waals surface area (Å²) in [5.74, 6) is 6.94. The topological polar surface area (TPSA) is 58.2 Å². The van der Waals surface area contributed by atoms with E-state index in [0.717, 1.165) is 32.1 Å². The fourth-order valence-corrected chi connectivity index (χ4v) is 2.26. The van der Waals surface area contributed by atoms with E-state index in [1.807, 2.05) is 0 Å². The lowest BCUT2D eigenvalue weighted by atomic mass is 9.98. The molecule has 0 radical (unpaired) electrons. The van der Waals surface area contributed by atoms with Gasteiger partial charge in [-0.05, 0) is 25.7 Å². The summed E-state index contributed by atoms with van der Waals surface area (Å²) in [5, 5.41) is 5.47. The summed E-state index contributed by atoms with van der Waals surface area (Å²) >= 11 is 0. The van der Waals surface area contributed by atoms with Crippen molar-refractivity contribution in [3.8, 4) is 11.8 Å². The number of amides is 2. The van der Waals surface area contributed by atoms with Crippen LogP contribution in [0.3, 0.4) is 0 Å². The van der Waals surface area contributed by atoms with E-state index >= 15 is 0 Å². The van der Waals surface area contributed by atoms with Crippen LogP contribution in [-0.2, 0) is 9.59 Å². The molecule has 22 heavy (non-hydrogen) atoms. The molecule has 0 bridgehead atoms. The second-order valence-electron chi connectivity index (χ2n) is 5.61. The van der Waals surface area contributed by atoms with Crippen molar-refractivity contribution in [3.05, 3.63) is 0 Å². The minimum Gasteiger partial charge on any atom is -0.359 e. The monoisotopic (exact) mass is 308 g/mol. The zero-order valence-electron chi connectivity index (χ0n) is 14.2. The van der Waals surface area contributed by atoms with Gasteiger partial charge in [0.2, 0.25) is 12.3 Å². The van der Waals surface area contributed by atoms with Gasteiger partial charge in [-0.15, -0.1) is 0 Å². The van der Waals surface area contributed by atoms with Gasteiger partial charge in [-0.25, -0.2) is 0 Å². The van der Waals surface area contributed by atoms with Gasteiger partial charge in [0.15, 0.2) is 0 Å². The molecule has 0 aromatic carbocycles. The molecule has 126 valence electrons. The van der Waals surface area contributed by atoms with Gasteiger partial charge in [-0.3, -0.25) is 9.59 Å². The number of rotatable bonds is 13. The van der Waals surface area contributed by atoms with Crippen LogP contribution in [0.5, 0.6) is 0 Å². The minimum absolute atomic E-state index is 0.0678. The first-order valence-electron chi connectivity index (χ1n) is 8.66. The van der Waals surface area contributed by atoms with Gasteiger partial charge in [0, 0.05) is 18.9 Å². The Balaban J connectivity index is 3.72. The Morgan fingerprint density at radius 1 is 1.09 bits per heavy atom. The quantitative estimate of drug-likeness (QED) is 0.312. The van der Waals surface area contributed by atoms with Crippen molar-refractivity contribution in [3.63, 3.8) is 0 Å². The van der Waals surface area contributed by atoms with Gasteiger partial charge in [0.25, 0.3) is 0 Å². The van der Waals surface area contributed by atoms with Crippen molar-refractivity contribution in [2.45, 2.75) is 71.6 Å². The maximum Gasteiger partial charge on any atom is 0.220 e. The Labute approximate surface area is 135 Å². The molecule has 0 spiro atoms. The van der Waals surface area contributed by atoms with Crippen LogP contribution in [0, 0.1) is 17.8 Å². The van der Waals surface area contributed by atoms with Crippen LogP contribution in [0.15, 0.2) is 0 Å². The summed E-state index contributed by atoms with van der Waals surface area (Å²) in [6, 6.07) is 0. The van der Waals surface area contributed by atoms with Gasteiger partial charge in [-0.1, -0.05) is 51.4 Å². The molecule has 0 aromatic heterocycles. The van der Waals surface area contributed by atoms with Crippen LogP contribution in [0.25, 0.3) is 0 Å². The molecule has 0 saturated heterocycles. The second kappa shape index (κ2) is 15.9. The van der Waals surface area contributed by atoms with E-state index in [4.69, 9.17) is 0 Å². The standard InChI is InChI=1S/C18H32N2O2/c1-3-5-11-17(10-4-2)12-9-15-20-18(22)13-7-6-8-14-19-16-21/h16-17H,3-8,10-11,13-15H2,1-2H3,(H,19,21)(H,20,22). The van der Waals surface area contributed by atoms with Crippen LogP contribution >= 0.6 is 0 Å². The maximum absolute atomic E-state index is 11.6. The van der Waals surface area contributed by atoms with E-state index in [-0.39, 0.29) is 5.91 Å². The van der Waals surface area contributed by atoms with E-state index in [2.05, 4.69) is 36.3 Å². The normalized spacial score (nSPS) is 11.2. The Bertz CT molecular complexity index is 345. The van der Waals surface area contributed by atoms with E-state index in [1.165, 1.54) is 19.3 Å². The van der Waals surface area contributed by atoms with Crippen LogP contribution in [-0.4, -0.2) is 25.4 Å². The average molecular weight is 308 g/mol. The third kappa shape index (κ3) is 13.5. The minimum atomic E-state index is 0.0678. The Kier molecular flexibility index (Phi) is 14.8.